The standard InChI is InChI=1S/C9H10N2O3/c12-5-8-9(10-8)6-1-3-7(4-2-6)11(13)14/h1-4,8-10,12H,5H2/t8-,9-/m1/s1. The van der Waals surface area contributed by atoms with Gasteiger partial charge in [-0.2, -0.15) is 0 Å². The van der Waals surface area contributed by atoms with Crippen molar-refractivity contribution >= 4 is 5.69 Å². The molecule has 1 saturated heterocycles. The molecule has 0 aliphatic carbocycles. The molecule has 14 heavy (non-hydrogen) atoms. The molecule has 2 rings (SSSR count). The Morgan fingerprint density at radius 1 is 1.43 bits per heavy atom. The minimum Gasteiger partial charge on any atom is -0.395 e. The molecule has 1 fully saturated rings. The summed E-state index contributed by atoms with van der Waals surface area (Å²) in [4.78, 5) is 9.95. The van der Waals surface area contributed by atoms with Gasteiger partial charge < -0.3 is 10.4 Å². The smallest absolute Gasteiger partial charge is 0.269 e. The Balaban J connectivity index is 2.11. The number of hydrogen-bond acceptors (Lipinski definition) is 4. The van der Waals surface area contributed by atoms with Crippen molar-refractivity contribution in [2.45, 2.75) is 12.1 Å². The van der Waals surface area contributed by atoms with E-state index in [0.717, 1.165) is 5.56 Å². The highest BCUT2D eigenvalue weighted by Gasteiger charge is 2.36. The minimum atomic E-state index is -0.423. The number of non-ortho nitro benzene ring substituents is 1. The largest absolute Gasteiger partial charge is 0.395 e. The molecule has 2 N–H and O–H groups in total. The number of rotatable bonds is 3. The van der Waals surface area contributed by atoms with Crippen LogP contribution in [0.25, 0.3) is 0 Å². The molecule has 5 heteroatoms. The molecule has 5 nitrogen and oxygen atoms in total. The maximum Gasteiger partial charge on any atom is 0.269 e. The molecule has 0 bridgehead atoms. The summed E-state index contributed by atoms with van der Waals surface area (Å²) in [7, 11) is 0. The molecule has 0 aromatic heterocycles. The van der Waals surface area contributed by atoms with E-state index in [1.165, 1.54) is 12.1 Å². The average Bonchev–Trinajstić information content (AvgIpc) is 2.97. The van der Waals surface area contributed by atoms with Crippen LogP contribution in [-0.2, 0) is 0 Å². The van der Waals surface area contributed by atoms with Gasteiger partial charge in [0.25, 0.3) is 5.69 Å². The normalized spacial score (nSPS) is 24.6. The Hall–Kier alpha value is -1.46. The summed E-state index contributed by atoms with van der Waals surface area (Å²) in [5.74, 6) is 0. The Kier molecular flexibility index (Phi) is 2.18. The molecule has 1 heterocycles. The first kappa shape index (κ1) is 9.11. The van der Waals surface area contributed by atoms with Crippen molar-refractivity contribution in [1.29, 1.82) is 0 Å². The second-order valence-electron chi connectivity index (χ2n) is 3.28. The average molecular weight is 194 g/mol. The summed E-state index contributed by atoms with van der Waals surface area (Å²) in [5.41, 5.74) is 1.07. The first-order valence-electron chi connectivity index (χ1n) is 4.33. The molecule has 0 radical (unpaired) electrons. The van der Waals surface area contributed by atoms with Crippen LogP contribution < -0.4 is 5.32 Å². The van der Waals surface area contributed by atoms with Gasteiger partial charge in [-0.3, -0.25) is 10.1 Å². The van der Waals surface area contributed by atoms with Crippen molar-refractivity contribution in [3.05, 3.63) is 39.9 Å². The van der Waals surface area contributed by atoms with Crippen molar-refractivity contribution in [3.63, 3.8) is 0 Å². The Morgan fingerprint density at radius 3 is 2.50 bits per heavy atom. The van der Waals surface area contributed by atoms with E-state index >= 15 is 0 Å². The number of aliphatic hydroxyl groups excluding tert-OH is 1. The molecule has 1 aliphatic heterocycles. The summed E-state index contributed by atoms with van der Waals surface area (Å²) in [6, 6.07) is 6.64. The topological polar surface area (TPSA) is 85.3 Å². The summed E-state index contributed by atoms with van der Waals surface area (Å²) in [5, 5.41) is 22.2. The molecule has 0 saturated carbocycles. The van der Waals surface area contributed by atoms with E-state index in [9.17, 15) is 10.1 Å². The number of nitrogens with zero attached hydrogens (tertiary/aromatic N) is 1. The molecule has 1 aromatic rings. The molecule has 1 aliphatic rings. The highest BCUT2D eigenvalue weighted by Crippen LogP contribution is 2.29. The van der Waals surface area contributed by atoms with Crippen LogP contribution in [0.5, 0.6) is 0 Å². The maximum atomic E-state index is 10.4. The van der Waals surface area contributed by atoms with Gasteiger partial charge in [0.1, 0.15) is 0 Å². The van der Waals surface area contributed by atoms with Crippen LogP contribution in [0.1, 0.15) is 11.6 Å². The minimum absolute atomic E-state index is 0.0925. The molecule has 0 spiro atoms. The third-order valence-electron chi connectivity index (χ3n) is 2.35. The molecular formula is C9H10N2O3. The zero-order chi connectivity index (χ0) is 10.1. The van der Waals surface area contributed by atoms with Crippen LogP contribution in [0, 0.1) is 10.1 Å². The van der Waals surface area contributed by atoms with Crippen molar-refractivity contribution in [3.8, 4) is 0 Å². The molecule has 1 aromatic carbocycles. The van der Waals surface area contributed by atoms with E-state index in [4.69, 9.17) is 5.11 Å². The fourth-order valence-corrected chi connectivity index (χ4v) is 1.47. The van der Waals surface area contributed by atoms with Crippen LogP contribution in [0.2, 0.25) is 0 Å². The van der Waals surface area contributed by atoms with E-state index in [1.807, 2.05) is 0 Å². The first-order valence-corrected chi connectivity index (χ1v) is 4.33. The Morgan fingerprint density at radius 2 is 2.07 bits per heavy atom. The van der Waals surface area contributed by atoms with Gasteiger partial charge in [0.15, 0.2) is 0 Å². The number of aliphatic hydroxyl groups is 1. The van der Waals surface area contributed by atoms with Crippen LogP contribution in [-0.4, -0.2) is 22.7 Å². The van der Waals surface area contributed by atoms with Crippen molar-refractivity contribution in [2.24, 2.45) is 0 Å². The van der Waals surface area contributed by atoms with Gasteiger partial charge in [0, 0.05) is 12.1 Å². The van der Waals surface area contributed by atoms with Gasteiger partial charge in [-0.25, -0.2) is 0 Å². The van der Waals surface area contributed by atoms with Crippen LogP contribution >= 0.6 is 0 Å². The third kappa shape index (κ3) is 1.59. The number of hydrogen-bond donors (Lipinski definition) is 2. The lowest BCUT2D eigenvalue weighted by molar-refractivity contribution is -0.384. The summed E-state index contributed by atoms with van der Waals surface area (Å²) >= 11 is 0. The molecule has 2 atom stereocenters. The number of benzene rings is 1. The van der Waals surface area contributed by atoms with Crippen molar-refractivity contribution in [2.75, 3.05) is 6.61 Å². The molecule has 0 amide bonds. The molecule has 0 unspecified atom stereocenters. The predicted molar refractivity (Wildman–Crippen MR) is 49.8 cm³/mol. The van der Waals surface area contributed by atoms with Gasteiger partial charge in [-0.15, -0.1) is 0 Å². The highest BCUT2D eigenvalue weighted by atomic mass is 16.6. The SMILES string of the molecule is O=[N+]([O-])c1ccc([C@H]2N[C@@H]2CO)cc1. The highest BCUT2D eigenvalue weighted by molar-refractivity contribution is 5.36. The van der Waals surface area contributed by atoms with E-state index < -0.39 is 4.92 Å². The van der Waals surface area contributed by atoms with Crippen molar-refractivity contribution < 1.29 is 10.0 Å². The van der Waals surface area contributed by atoms with Gasteiger partial charge in [0.2, 0.25) is 0 Å². The third-order valence-corrected chi connectivity index (χ3v) is 2.35. The first-order chi connectivity index (χ1) is 6.72. The van der Waals surface area contributed by atoms with Gasteiger partial charge in [-0.05, 0) is 5.56 Å². The second-order valence-corrected chi connectivity index (χ2v) is 3.28. The van der Waals surface area contributed by atoms with Gasteiger partial charge in [0.05, 0.1) is 23.6 Å². The van der Waals surface area contributed by atoms with E-state index in [-0.39, 0.29) is 24.4 Å². The fourth-order valence-electron chi connectivity index (χ4n) is 1.47. The lowest BCUT2D eigenvalue weighted by atomic mass is 10.1. The number of nitro groups is 1. The van der Waals surface area contributed by atoms with Crippen LogP contribution in [0.15, 0.2) is 24.3 Å². The van der Waals surface area contributed by atoms with E-state index in [0.29, 0.717) is 0 Å². The monoisotopic (exact) mass is 194 g/mol. The summed E-state index contributed by atoms with van der Waals surface area (Å²) in [6.45, 7) is 0.0989. The summed E-state index contributed by atoms with van der Waals surface area (Å²) in [6.07, 6.45) is 0. The predicted octanol–water partition coefficient (Wildman–Crippen LogP) is 0.600. The lowest BCUT2D eigenvalue weighted by Crippen LogP contribution is -1.96. The van der Waals surface area contributed by atoms with E-state index in [1.54, 1.807) is 12.1 Å². The zero-order valence-corrected chi connectivity index (χ0v) is 7.38. The number of nitrogens with one attached hydrogen (secondary N) is 1. The Labute approximate surface area is 80.5 Å². The lowest BCUT2D eigenvalue weighted by Gasteiger charge is -1.96. The van der Waals surface area contributed by atoms with Crippen LogP contribution in [0.3, 0.4) is 0 Å². The fraction of sp³-hybridized carbons (Fsp3) is 0.333. The second kappa shape index (κ2) is 3.36. The molecule has 74 valence electrons. The quantitative estimate of drug-likeness (QED) is 0.419. The van der Waals surface area contributed by atoms with Gasteiger partial charge >= 0.3 is 0 Å². The zero-order valence-electron chi connectivity index (χ0n) is 7.38. The summed E-state index contributed by atoms with van der Waals surface area (Å²) < 4.78 is 0. The number of nitro benzene ring substituents is 1. The maximum absolute atomic E-state index is 10.4. The van der Waals surface area contributed by atoms with Crippen LogP contribution in [0.4, 0.5) is 5.69 Å². The van der Waals surface area contributed by atoms with Crippen molar-refractivity contribution in [1.82, 2.24) is 5.32 Å². The van der Waals surface area contributed by atoms with E-state index in [2.05, 4.69) is 5.32 Å². The molecular weight excluding hydrogens is 184 g/mol. The Bertz CT molecular complexity index is 350. The van der Waals surface area contributed by atoms with Gasteiger partial charge in [-0.1, -0.05) is 12.1 Å².